The molecule has 0 fully saturated rings. The summed E-state index contributed by atoms with van der Waals surface area (Å²) in [6, 6.07) is 0. The molecule has 0 aromatic heterocycles. The normalized spacial score (nSPS) is 12.9. The number of nitrogens with zero attached hydrogens (tertiary/aromatic N) is 1. The van der Waals surface area contributed by atoms with E-state index >= 15 is 0 Å². The fourth-order valence-corrected chi connectivity index (χ4v) is 1.45. The Hall–Kier alpha value is -0.610. The van der Waals surface area contributed by atoms with Crippen LogP contribution in [0.2, 0.25) is 0 Å². The van der Waals surface area contributed by atoms with Crippen molar-refractivity contribution in [2.45, 2.75) is 20.8 Å². The Bertz CT molecular complexity index is 169. The summed E-state index contributed by atoms with van der Waals surface area (Å²) in [5.41, 5.74) is 0. The highest BCUT2D eigenvalue weighted by atomic mass is 16.1. The highest BCUT2D eigenvalue weighted by Crippen LogP contribution is 1.91. The van der Waals surface area contributed by atoms with Crippen molar-refractivity contribution < 1.29 is 4.79 Å². The van der Waals surface area contributed by atoms with E-state index in [-0.39, 0.29) is 11.8 Å². The SMILES string of the molecule is CCN(CC)CCNC(=O)C(C)CNC. The minimum absolute atomic E-state index is 0.0479. The van der Waals surface area contributed by atoms with Crippen LogP contribution in [0.5, 0.6) is 0 Å². The molecule has 1 unspecified atom stereocenters. The molecule has 0 aromatic carbocycles. The quantitative estimate of drug-likeness (QED) is 0.612. The largest absolute Gasteiger partial charge is 0.355 e. The Morgan fingerprint density at radius 1 is 1.33 bits per heavy atom. The maximum Gasteiger partial charge on any atom is 0.224 e. The molecule has 1 atom stereocenters. The third-order valence-electron chi connectivity index (χ3n) is 2.58. The van der Waals surface area contributed by atoms with Crippen molar-refractivity contribution >= 4 is 5.91 Å². The lowest BCUT2D eigenvalue weighted by atomic mass is 10.1. The van der Waals surface area contributed by atoms with Gasteiger partial charge in [-0.15, -0.1) is 0 Å². The molecule has 90 valence electrons. The fraction of sp³-hybridized carbons (Fsp3) is 0.909. The predicted octanol–water partition coefficient (Wildman–Crippen LogP) is 0.300. The number of hydrogen-bond acceptors (Lipinski definition) is 3. The van der Waals surface area contributed by atoms with Crippen molar-refractivity contribution in [3.8, 4) is 0 Å². The van der Waals surface area contributed by atoms with E-state index in [2.05, 4.69) is 29.4 Å². The monoisotopic (exact) mass is 215 g/mol. The van der Waals surface area contributed by atoms with Crippen LogP contribution in [0.1, 0.15) is 20.8 Å². The van der Waals surface area contributed by atoms with Gasteiger partial charge in [0.1, 0.15) is 0 Å². The topological polar surface area (TPSA) is 44.4 Å². The van der Waals surface area contributed by atoms with E-state index in [9.17, 15) is 4.79 Å². The zero-order chi connectivity index (χ0) is 11.7. The molecule has 0 spiro atoms. The van der Waals surface area contributed by atoms with Crippen LogP contribution in [-0.2, 0) is 4.79 Å². The average molecular weight is 215 g/mol. The van der Waals surface area contributed by atoms with Crippen LogP contribution in [-0.4, -0.2) is 50.6 Å². The van der Waals surface area contributed by atoms with Crippen molar-refractivity contribution in [1.29, 1.82) is 0 Å². The van der Waals surface area contributed by atoms with Crippen LogP contribution < -0.4 is 10.6 Å². The molecule has 4 nitrogen and oxygen atoms in total. The lowest BCUT2D eigenvalue weighted by Gasteiger charge is -2.19. The summed E-state index contributed by atoms with van der Waals surface area (Å²) in [6.07, 6.45) is 0. The zero-order valence-corrected chi connectivity index (χ0v) is 10.5. The van der Waals surface area contributed by atoms with Gasteiger partial charge in [-0.2, -0.15) is 0 Å². The minimum Gasteiger partial charge on any atom is -0.355 e. The van der Waals surface area contributed by atoms with Gasteiger partial charge in [0.2, 0.25) is 5.91 Å². The van der Waals surface area contributed by atoms with E-state index in [1.807, 2.05) is 14.0 Å². The number of carbonyl (C=O) groups excluding carboxylic acids is 1. The number of carbonyl (C=O) groups is 1. The van der Waals surface area contributed by atoms with Crippen LogP contribution in [0.15, 0.2) is 0 Å². The zero-order valence-electron chi connectivity index (χ0n) is 10.5. The predicted molar refractivity (Wildman–Crippen MR) is 63.9 cm³/mol. The van der Waals surface area contributed by atoms with E-state index in [1.165, 1.54) is 0 Å². The summed E-state index contributed by atoms with van der Waals surface area (Å²) in [5.74, 6) is 0.184. The smallest absolute Gasteiger partial charge is 0.224 e. The molecule has 0 aliphatic rings. The maximum atomic E-state index is 11.5. The summed E-state index contributed by atoms with van der Waals surface area (Å²) >= 11 is 0. The number of amides is 1. The fourth-order valence-electron chi connectivity index (χ4n) is 1.45. The van der Waals surface area contributed by atoms with Gasteiger partial charge in [-0.1, -0.05) is 20.8 Å². The van der Waals surface area contributed by atoms with Crippen molar-refractivity contribution in [3.05, 3.63) is 0 Å². The summed E-state index contributed by atoms with van der Waals surface area (Å²) in [5, 5.41) is 5.94. The van der Waals surface area contributed by atoms with Crippen LogP contribution in [0.4, 0.5) is 0 Å². The van der Waals surface area contributed by atoms with Crippen LogP contribution >= 0.6 is 0 Å². The molecule has 0 heterocycles. The second-order valence-corrected chi connectivity index (χ2v) is 3.78. The number of rotatable bonds is 8. The molecule has 4 heteroatoms. The van der Waals surface area contributed by atoms with Crippen LogP contribution in [0.3, 0.4) is 0 Å². The molecule has 0 saturated heterocycles. The Balaban J connectivity index is 3.62. The van der Waals surface area contributed by atoms with E-state index in [0.717, 1.165) is 32.7 Å². The Morgan fingerprint density at radius 3 is 2.40 bits per heavy atom. The molecule has 0 rings (SSSR count). The number of likely N-dealkylation sites (N-methyl/N-ethyl adjacent to an activating group) is 1. The maximum absolute atomic E-state index is 11.5. The first-order valence-electron chi connectivity index (χ1n) is 5.80. The summed E-state index contributed by atoms with van der Waals surface area (Å²) in [6.45, 7) is 10.7. The van der Waals surface area contributed by atoms with Gasteiger partial charge in [0.15, 0.2) is 0 Å². The summed E-state index contributed by atoms with van der Waals surface area (Å²) < 4.78 is 0. The van der Waals surface area contributed by atoms with Crippen LogP contribution in [0, 0.1) is 5.92 Å². The van der Waals surface area contributed by atoms with Gasteiger partial charge >= 0.3 is 0 Å². The average Bonchev–Trinajstić information content (AvgIpc) is 2.24. The number of hydrogen-bond donors (Lipinski definition) is 2. The molecule has 15 heavy (non-hydrogen) atoms. The molecule has 0 aliphatic carbocycles. The van der Waals surface area contributed by atoms with E-state index in [4.69, 9.17) is 0 Å². The Morgan fingerprint density at radius 2 is 1.93 bits per heavy atom. The van der Waals surface area contributed by atoms with Crippen molar-refractivity contribution in [3.63, 3.8) is 0 Å². The highest BCUT2D eigenvalue weighted by Gasteiger charge is 2.10. The molecule has 0 bridgehead atoms. The van der Waals surface area contributed by atoms with Crippen molar-refractivity contribution in [1.82, 2.24) is 15.5 Å². The molecule has 1 amide bonds. The number of nitrogens with one attached hydrogen (secondary N) is 2. The molecule has 0 aliphatic heterocycles. The second-order valence-electron chi connectivity index (χ2n) is 3.78. The van der Waals surface area contributed by atoms with E-state index < -0.39 is 0 Å². The highest BCUT2D eigenvalue weighted by molar-refractivity contribution is 5.78. The Labute approximate surface area is 93.4 Å². The minimum atomic E-state index is 0.0479. The van der Waals surface area contributed by atoms with Gasteiger partial charge < -0.3 is 15.5 Å². The van der Waals surface area contributed by atoms with E-state index in [1.54, 1.807) is 0 Å². The second kappa shape index (κ2) is 8.68. The standard InChI is InChI=1S/C11H25N3O/c1-5-14(6-2)8-7-13-11(15)10(3)9-12-4/h10,12H,5-9H2,1-4H3,(H,13,15). The summed E-state index contributed by atoms with van der Waals surface area (Å²) in [7, 11) is 1.86. The summed E-state index contributed by atoms with van der Waals surface area (Å²) in [4.78, 5) is 13.8. The van der Waals surface area contributed by atoms with Gasteiger partial charge in [-0.25, -0.2) is 0 Å². The third-order valence-corrected chi connectivity index (χ3v) is 2.58. The third kappa shape index (κ3) is 6.47. The van der Waals surface area contributed by atoms with Gasteiger partial charge in [0.25, 0.3) is 0 Å². The lowest BCUT2D eigenvalue weighted by molar-refractivity contribution is -0.124. The van der Waals surface area contributed by atoms with Crippen molar-refractivity contribution in [2.75, 3.05) is 39.8 Å². The first-order chi connectivity index (χ1) is 7.15. The molecule has 0 saturated carbocycles. The van der Waals surface area contributed by atoms with E-state index in [0.29, 0.717) is 0 Å². The van der Waals surface area contributed by atoms with Gasteiger partial charge in [0, 0.05) is 25.6 Å². The molecule has 2 N–H and O–H groups in total. The Kier molecular flexibility index (Phi) is 8.33. The van der Waals surface area contributed by atoms with Crippen LogP contribution in [0.25, 0.3) is 0 Å². The van der Waals surface area contributed by atoms with Gasteiger partial charge in [0.05, 0.1) is 0 Å². The molecular weight excluding hydrogens is 190 g/mol. The molecule has 0 aromatic rings. The van der Waals surface area contributed by atoms with Gasteiger partial charge in [-0.05, 0) is 20.1 Å². The lowest BCUT2D eigenvalue weighted by Crippen LogP contribution is -2.39. The first kappa shape index (κ1) is 14.4. The molecular formula is C11H25N3O. The van der Waals surface area contributed by atoms with Gasteiger partial charge in [-0.3, -0.25) is 4.79 Å². The van der Waals surface area contributed by atoms with Crippen molar-refractivity contribution in [2.24, 2.45) is 5.92 Å². The molecule has 0 radical (unpaired) electrons. The first-order valence-corrected chi connectivity index (χ1v) is 5.80.